The van der Waals surface area contributed by atoms with E-state index in [1.165, 1.54) is 17.9 Å². The summed E-state index contributed by atoms with van der Waals surface area (Å²) in [4.78, 5) is 37.5. The number of carbonyl (C=O) groups is 3. The smallest absolute Gasteiger partial charge is 0.227 e. The molecule has 1 fully saturated rings. The number of halogens is 1. The van der Waals surface area contributed by atoms with E-state index in [9.17, 15) is 18.8 Å². The first-order chi connectivity index (χ1) is 12.5. The first-order valence-electron chi connectivity index (χ1n) is 8.38. The summed E-state index contributed by atoms with van der Waals surface area (Å²) in [6.07, 6.45) is 0.109. The summed E-state index contributed by atoms with van der Waals surface area (Å²) in [5, 5.41) is 2.70. The molecule has 5 nitrogen and oxygen atoms in total. The van der Waals surface area contributed by atoms with Crippen LogP contribution in [0.5, 0.6) is 0 Å². The van der Waals surface area contributed by atoms with E-state index in [4.69, 9.17) is 0 Å². The van der Waals surface area contributed by atoms with Crippen molar-refractivity contribution < 1.29 is 18.8 Å². The molecular formula is C20H19FN2O3. The Morgan fingerprint density at radius 3 is 2.50 bits per heavy atom. The van der Waals surface area contributed by atoms with Crippen LogP contribution in [0, 0.1) is 11.7 Å². The molecule has 1 atom stereocenters. The van der Waals surface area contributed by atoms with Gasteiger partial charge in [0.2, 0.25) is 11.8 Å². The lowest BCUT2D eigenvalue weighted by Gasteiger charge is -2.17. The van der Waals surface area contributed by atoms with E-state index in [1.807, 2.05) is 0 Å². The van der Waals surface area contributed by atoms with E-state index in [-0.39, 0.29) is 42.9 Å². The number of nitrogens with one attached hydrogen (secondary N) is 1. The second-order valence-corrected chi connectivity index (χ2v) is 6.32. The zero-order valence-electron chi connectivity index (χ0n) is 14.4. The molecule has 3 rings (SSSR count). The summed E-state index contributed by atoms with van der Waals surface area (Å²) < 4.78 is 13.6. The highest BCUT2D eigenvalue weighted by atomic mass is 19.1. The normalized spacial score (nSPS) is 16.6. The molecule has 0 aromatic heterocycles. The molecular weight excluding hydrogens is 335 g/mol. The van der Waals surface area contributed by atoms with E-state index < -0.39 is 5.92 Å². The fraction of sp³-hybridized carbons (Fsp3) is 0.250. The maximum Gasteiger partial charge on any atom is 0.227 e. The molecule has 134 valence electrons. The van der Waals surface area contributed by atoms with Crippen LogP contribution in [0.15, 0.2) is 48.5 Å². The van der Waals surface area contributed by atoms with Gasteiger partial charge in [-0.15, -0.1) is 0 Å². The maximum atomic E-state index is 13.6. The van der Waals surface area contributed by atoms with Gasteiger partial charge in [-0.05, 0) is 37.3 Å². The van der Waals surface area contributed by atoms with Crippen LogP contribution in [-0.4, -0.2) is 24.1 Å². The van der Waals surface area contributed by atoms with Gasteiger partial charge in [-0.3, -0.25) is 14.4 Å². The number of rotatable bonds is 5. The van der Waals surface area contributed by atoms with Gasteiger partial charge < -0.3 is 10.2 Å². The molecule has 2 amide bonds. The van der Waals surface area contributed by atoms with Crippen LogP contribution in [0.4, 0.5) is 10.1 Å². The Morgan fingerprint density at radius 2 is 1.85 bits per heavy atom. The van der Waals surface area contributed by atoms with E-state index in [0.717, 1.165) is 0 Å². The molecule has 2 aromatic rings. The van der Waals surface area contributed by atoms with Crippen molar-refractivity contribution in [2.24, 2.45) is 5.92 Å². The molecule has 1 saturated heterocycles. The zero-order chi connectivity index (χ0) is 18.7. The third-order valence-electron chi connectivity index (χ3n) is 4.49. The first-order valence-corrected chi connectivity index (χ1v) is 8.38. The Balaban J connectivity index is 1.62. The molecule has 0 spiro atoms. The van der Waals surface area contributed by atoms with E-state index in [1.54, 1.807) is 42.5 Å². The minimum absolute atomic E-state index is 0.0466. The van der Waals surface area contributed by atoms with Gasteiger partial charge in [0.1, 0.15) is 5.82 Å². The lowest BCUT2D eigenvalue weighted by molar-refractivity contribution is -0.126. The highest BCUT2D eigenvalue weighted by molar-refractivity contribution is 6.01. The molecule has 1 aliphatic rings. The van der Waals surface area contributed by atoms with Gasteiger partial charge in [-0.2, -0.15) is 0 Å². The predicted octanol–water partition coefficient (Wildman–Crippen LogP) is 2.70. The van der Waals surface area contributed by atoms with Gasteiger partial charge >= 0.3 is 0 Å². The van der Waals surface area contributed by atoms with Crippen LogP contribution < -0.4 is 10.2 Å². The number of Topliss-reactive ketones (excluding diaryl/α,β-unsaturated/α-hetero) is 1. The van der Waals surface area contributed by atoms with Crippen LogP contribution in [-0.2, 0) is 16.1 Å². The molecule has 0 saturated carbocycles. The van der Waals surface area contributed by atoms with Gasteiger partial charge in [0.05, 0.1) is 5.92 Å². The molecule has 0 aliphatic carbocycles. The second-order valence-electron chi connectivity index (χ2n) is 6.32. The number of ketones is 1. The number of amides is 2. The molecule has 26 heavy (non-hydrogen) atoms. The van der Waals surface area contributed by atoms with Crippen molar-refractivity contribution in [3.05, 3.63) is 65.5 Å². The average Bonchev–Trinajstić information content (AvgIpc) is 3.02. The lowest BCUT2D eigenvalue weighted by Crippen LogP contribution is -2.32. The largest absolute Gasteiger partial charge is 0.352 e. The van der Waals surface area contributed by atoms with Crippen molar-refractivity contribution in [2.75, 3.05) is 11.4 Å². The summed E-state index contributed by atoms with van der Waals surface area (Å²) >= 11 is 0. The van der Waals surface area contributed by atoms with Gasteiger partial charge in [0, 0.05) is 36.3 Å². The number of carbonyl (C=O) groups excluding carboxylic acids is 3. The number of anilines is 1. The van der Waals surface area contributed by atoms with E-state index >= 15 is 0 Å². The van der Waals surface area contributed by atoms with Crippen molar-refractivity contribution in [1.82, 2.24) is 5.32 Å². The van der Waals surface area contributed by atoms with Crippen LogP contribution in [0.25, 0.3) is 0 Å². The highest BCUT2D eigenvalue weighted by Crippen LogP contribution is 2.25. The monoisotopic (exact) mass is 354 g/mol. The molecule has 6 heteroatoms. The molecule has 1 aliphatic heterocycles. The van der Waals surface area contributed by atoms with Gasteiger partial charge in [0.25, 0.3) is 0 Å². The molecule has 1 heterocycles. The fourth-order valence-corrected chi connectivity index (χ4v) is 2.98. The number of hydrogen-bond donors (Lipinski definition) is 1. The summed E-state index contributed by atoms with van der Waals surface area (Å²) in [6.45, 7) is 1.83. The Kier molecular flexibility index (Phi) is 5.11. The number of hydrogen-bond acceptors (Lipinski definition) is 3. The maximum absolute atomic E-state index is 13.6. The van der Waals surface area contributed by atoms with Crippen molar-refractivity contribution >= 4 is 23.3 Å². The third kappa shape index (κ3) is 3.79. The van der Waals surface area contributed by atoms with Crippen molar-refractivity contribution in [3.63, 3.8) is 0 Å². The Hall–Kier alpha value is -3.02. The van der Waals surface area contributed by atoms with Crippen LogP contribution in [0.1, 0.15) is 29.3 Å². The van der Waals surface area contributed by atoms with Crippen LogP contribution in [0.2, 0.25) is 0 Å². The number of benzene rings is 2. The zero-order valence-corrected chi connectivity index (χ0v) is 14.4. The van der Waals surface area contributed by atoms with Gasteiger partial charge in [-0.25, -0.2) is 4.39 Å². The quantitative estimate of drug-likeness (QED) is 0.840. The molecule has 0 radical (unpaired) electrons. The standard InChI is InChI=1S/C20H19FN2O3/c1-13(24)14-6-8-17(9-7-14)23-12-16(10-19(23)25)20(26)22-11-15-4-2-3-5-18(15)21/h2-9,16H,10-12H2,1H3,(H,22,26). The van der Waals surface area contributed by atoms with Crippen molar-refractivity contribution in [3.8, 4) is 0 Å². The SMILES string of the molecule is CC(=O)c1ccc(N2CC(C(=O)NCc3ccccc3F)CC2=O)cc1. The summed E-state index contributed by atoms with van der Waals surface area (Å²) in [5.74, 6) is -1.32. The molecule has 2 aromatic carbocycles. The summed E-state index contributed by atoms with van der Waals surface area (Å²) in [6, 6.07) is 13.0. The topological polar surface area (TPSA) is 66.5 Å². The van der Waals surface area contributed by atoms with Crippen molar-refractivity contribution in [1.29, 1.82) is 0 Å². The second kappa shape index (κ2) is 7.47. The van der Waals surface area contributed by atoms with Gasteiger partial charge in [0.15, 0.2) is 5.78 Å². The van der Waals surface area contributed by atoms with Crippen LogP contribution in [0.3, 0.4) is 0 Å². The van der Waals surface area contributed by atoms with Crippen molar-refractivity contribution in [2.45, 2.75) is 19.9 Å². The van der Waals surface area contributed by atoms with E-state index in [0.29, 0.717) is 16.8 Å². The Labute approximate surface area is 150 Å². The molecule has 1 unspecified atom stereocenters. The highest BCUT2D eigenvalue weighted by Gasteiger charge is 2.35. The first kappa shape index (κ1) is 17.8. The average molecular weight is 354 g/mol. The predicted molar refractivity (Wildman–Crippen MR) is 95.2 cm³/mol. The number of nitrogens with zero attached hydrogens (tertiary/aromatic N) is 1. The lowest BCUT2D eigenvalue weighted by atomic mass is 10.1. The van der Waals surface area contributed by atoms with Gasteiger partial charge in [-0.1, -0.05) is 18.2 Å². The summed E-state index contributed by atoms with van der Waals surface area (Å²) in [5.41, 5.74) is 1.63. The van der Waals surface area contributed by atoms with E-state index in [2.05, 4.69) is 5.32 Å². The minimum atomic E-state index is -0.484. The minimum Gasteiger partial charge on any atom is -0.352 e. The van der Waals surface area contributed by atoms with Crippen LogP contribution >= 0.6 is 0 Å². The Morgan fingerprint density at radius 1 is 1.15 bits per heavy atom. The summed E-state index contributed by atoms with van der Waals surface area (Å²) in [7, 11) is 0. The third-order valence-corrected chi connectivity index (χ3v) is 4.49. The fourth-order valence-electron chi connectivity index (χ4n) is 2.98. The Bertz CT molecular complexity index is 848. The molecule has 0 bridgehead atoms. The molecule has 1 N–H and O–H groups in total.